The number of para-hydroxylation sites is 1. The number of nitrogens with one attached hydrogen (secondary N) is 1. The summed E-state index contributed by atoms with van der Waals surface area (Å²) in [5.74, 6) is 1.15. The highest BCUT2D eigenvalue weighted by Crippen LogP contribution is 2.20. The van der Waals surface area contributed by atoms with E-state index in [1.54, 1.807) is 0 Å². The molecule has 0 bridgehead atoms. The largest absolute Gasteiger partial charge is 0.491 e. The first kappa shape index (κ1) is 19.4. The average Bonchev–Trinajstić information content (AvgIpc) is 2.69. The van der Waals surface area contributed by atoms with Crippen LogP contribution in [0.4, 0.5) is 0 Å². The lowest BCUT2D eigenvalue weighted by molar-refractivity contribution is -0.127. The van der Waals surface area contributed by atoms with Gasteiger partial charge >= 0.3 is 0 Å². The number of aryl methyl sites for hydroxylation is 1. The van der Waals surface area contributed by atoms with E-state index in [9.17, 15) is 4.79 Å². The first-order chi connectivity index (χ1) is 13.1. The molecule has 4 heteroatoms. The van der Waals surface area contributed by atoms with Crippen molar-refractivity contribution in [3.05, 3.63) is 65.7 Å². The number of carbonyl (C=O) groups is 1. The smallest absolute Gasteiger partial charge is 0.223 e. The van der Waals surface area contributed by atoms with Crippen LogP contribution in [0.3, 0.4) is 0 Å². The zero-order valence-electron chi connectivity index (χ0n) is 16.4. The van der Waals surface area contributed by atoms with Crippen molar-refractivity contribution in [2.24, 2.45) is 5.92 Å². The summed E-state index contributed by atoms with van der Waals surface area (Å²) in [5.41, 5.74) is 2.45. The number of nitrogens with zero attached hydrogens (tertiary/aromatic N) is 1. The highest BCUT2D eigenvalue weighted by atomic mass is 16.5. The predicted octanol–water partition coefficient (Wildman–Crippen LogP) is 3.79. The second-order valence-corrected chi connectivity index (χ2v) is 7.52. The van der Waals surface area contributed by atoms with E-state index in [0.717, 1.165) is 43.8 Å². The average molecular weight is 367 g/mol. The van der Waals surface area contributed by atoms with Crippen LogP contribution in [0.25, 0.3) is 0 Å². The highest BCUT2D eigenvalue weighted by Gasteiger charge is 2.25. The van der Waals surface area contributed by atoms with Crippen LogP contribution < -0.4 is 10.1 Å². The molecule has 2 aromatic rings. The molecule has 1 aliphatic heterocycles. The van der Waals surface area contributed by atoms with E-state index in [0.29, 0.717) is 6.61 Å². The number of likely N-dealkylation sites (tertiary alicyclic amines) is 1. The molecule has 1 amide bonds. The molecule has 3 rings (SSSR count). The molecule has 1 saturated heterocycles. The summed E-state index contributed by atoms with van der Waals surface area (Å²) in [6, 6.07) is 18.5. The van der Waals surface area contributed by atoms with E-state index < -0.39 is 0 Å². The van der Waals surface area contributed by atoms with Crippen LogP contribution in [0.5, 0.6) is 5.75 Å². The first-order valence-electron chi connectivity index (χ1n) is 9.87. The summed E-state index contributed by atoms with van der Waals surface area (Å²) < 4.78 is 5.85. The van der Waals surface area contributed by atoms with Crippen LogP contribution >= 0.6 is 0 Å². The minimum Gasteiger partial charge on any atom is -0.491 e. The van der Waals surface area contributed by atoms with Gasteiger partial charge < -0.3 is 10.1 Å². The molecule has 0 aromatic heterocycles. The van der Waals surface area contributed by atoms with Crippen molar-refractivity contribution in [2.75, 3.05) is 19.7 Å². The van der Waals surface area contributed by atoms with Gasteiger partial charge in [-0.05, 0) is 57.0 Å². The number of benzene rings is 2. The zero-order chi connectivity index (χ0) is 19.1. The first-order valence-corrected chi connectivity index (χ1v) is 9.87. The van der Waals surface area contributed by atoms with Crippen molar-refractivity contribution in [1.29, 1.82) is 0 Å². The van der Waals surface area contributed by atoms with Gasteiger partial charge in [0, 0.05) is 12.5 Å². The maximum Gasteiger partial charge on any atom is 0.223 e. The van der Waals surface area contributed by atoms with Crippen molar-refractivity contribution in [3.63, 3.8) is 0 Å². The Balaban J connectivity index is 1.39. The van der Waals surface area contributed by atoms with Gasteiger partial charge in [0.1, 0.15) is 12.4 Å². The van der Waals surface area contributed by atoms with E-state index >= 15 is 0 Å². The molecule has 0 aliphatic carbocycles. The van der Waals surface area contributed by atoms with Crippen LogP contribution in [-0.4, -0.2) is 36.5 Å². The van der Waals surface area contributed by atoms with Gasteiger partial charge in [0.2, 0.25) is 5.91 Å². The Hall–Kier alpha value is -2.33. The summed E-state index contributed by atoms with van der Waals surface area (Å²) in [7, 11) is 0. The van der Waals surface area contributed by atoms with Gasteiger partial charge in [-0.1, -0.05) is 48.5 Å². The summed E-state index contributed by atoms with van der Waals surface area (Å²) in [6.07, 6.45) is 1.84. The SMILES string of the molecule is Cc1ccccc1OCC(C)NC(=O)C1CCN(Cc2ccccc2)CC1. The molecule has 0 saturated carbocycles. The number of ether oxygens (including phenoxy) is 1. The maximum absolute atomic E-state index is 12.6. The van der Waals surface area contributed by atoms with Crippen LogP contribution in [0.1, 0.15) is 30.9 Å². The van der Waals surface area contributed by atoms with Gasteiger partial charge in [-0.2, -0.15) is 0 Å². The van der Waals surface area contributed by atoms with Gasteiger partial charge in [0.25, 0.3) is 0 Å². The van der Waals surface area contributed by atoms with Crippen LogP contribution in [0.2, 0.25) is 0 Å². The van der Waals surface area contributed by atoms with Crippen molar-refractivity contribution < 1.29 is 9.53 Å². The van der Waals surface area contributed by atoms with Gasteiger partial charge in [-0.3, -0.25) is 9.69 Å². The Morgan fingerprint density at radius 3 is 2.48 bits per heavy atom. The summed E-state index contributed by atoms with van der Waals surface area (Å²) in [4.78, 5) is 15.0. The van der Waals surface area contributed by atoms with Gasteiger partial charge in [0.05, 0.1) is 6.04 Å². The Morgan fingerprint density at radius 2 is 1.78 bits per heavy atom. The van der Waals surface area contributed by atoms with E-state index in [-0.39, 0.29) is 17.9 Å². The molecule has 1 atom stereocenters. The van der Waals surface area contributed by atoms with Crippen molar-refractivity contribution in [2.45, 2.75) is 39.3 Å². The van der Waals surface area contributed by atoms with Crippen molar-refractivity contribution in [3.8, 4) is 5.75 Å². The number of rotatable bonds is 7. The number of hydrogen-bond acceptors (Lipinski definition) is 3. The second kappa shape index (κ2) is 9.56. The number of hydrogen-bond donors (Lipinski definition) is 1. The Labute approximate surface area is 162 Å². The normalized spacial score (nSPS) is 16.7. The van der Waals surface area contributed by atoms with Gasteiger partial charge in [0.15, 0.2) is 0 Å². The third kappa shape index (κ3) is 5.83. The molecular formula is C23H30N2O2. The summed E-state index contributed by atoms with van der Waals surface area (Å²) in [6.45, 7) is 7.43. The third-order valence-corrected chi connectivity index (χ3v) is 5.18. The van der Waals surface area contributed by atoms with Crippen LogP contribution in [-0.2, 0) is 11.3 Å². The molecule has 1 aliphatic rings. The molecule has 1 fully saturated rings. The third-order valence-electron chi connectivity index (χ3n) is 5.18. The maximum atomic E-state index is 12.6. The van der Waals surface area contributed by atoms with Gasteiger partial charge in [-0.15, -0.1) is 0 Å². The predicted molar refractivity (Wildman–Crippen MR) is 109 cm³/mol. The monoisotopic (exact) mass is 366 g/mol. The van der Waals surface area contributed by atoms with Crippen molar-refractivity contribution in [1.82, 2.24) is 10.2 Å². The fourth-order valence-corrected chi connectivity index (χ4v) is 3.53. The Bertz CT molecular complexity index is 724. The molecule has 2 aromatic carbocycles. The van der Waals surface area contributed by atoms with E-state index in [2.05, 4.69) is 34.5 Å². The minimum atomic E-state index is -0.000505. The molecule has 0 spiro atoms. The molecule has 27 heavy (non-hydrogen) atoms. The van der Waals surface area contributed by atoms with Crippen LogP contribution in [0.15, 0.2) is 54.6 Å². The number of amides is 1. The Morgan fingerprint density at radius 1 is 1.11 bits per heavy atom. The van der Waals surface area contributed by atoms with Gasteiger partial charge in [-0.25, -0.2) is 0 Å². The lowest BCUT2D eigenvalue weighted by Gasteiger charge is -2.31. The lowest BCUT2D eigenvalue weighted by atomic mass is 9.95. The highest BCUT2D eigenvalue weighted by molar-refractivity contribution is 5.79. The standard InChI is InChI=1S/C23H30N2O2/c1-18-8-6-7-11-22(18)27-17-19(2)24-23(26)21-12-14-25(15-13-21)16-20-9-4-3-5-10-20/h3-11,19,21H,12-17H2,1-2H3,(H,24,26). The Kier molecular flexibility index (Phi) is 6.88. The molecule has 1 heterocycles. The molecule has 0 radical (unpaired) electrons. The molecular weight excluding hydrogens is 336 g/mol. The van der Waals surface area contributed by atoms with E-state index in [1.165, 1.54) is 5.56 Å². The molecule has 1 N–H and O–H groups in total. The van der Waals surface area contributed by atoms with Crippen molar-refractivity contribution >= 4 is 5.91 Å². The number of carbonyl (C=O) groups excluding carboxylic acids is 1. The van der Waals surface area contributed by atoms with E-state index in [1.807, 2.05) is 44.2 Å². The summed E-state index contributed by atoms with van der Waals surface area (Å²) in [5, 5.41) is 3.12. The second-order valence-electron chi connectivity index (χ2n) is 7.52. The van der Waals surface area contributed by atoms with Crippen LogP contribution in [0, 0.1) is 12.8 Å². The lowest BCUT2D eigenvalue weighted by Crippen LogP contribution is -2.44. The molecule has 1 unspecified atom stereocenters. The quantitative estimate of drug-likeness (QED) is 0.811. The van der Waals surface area contributed by atoms with E-state index in [4.69, 9.17) is 4.74 Å². The molecule has 4 nitrogen and oxygen atoms in total. The zero-order valence-corrected chi connectivity index (χ0v) is 16.4. The minimum absolute atomic E-state index is 0.000505. The summed E-state index contributed by atoms with van der Waals surface area (Å²) >= 11 is 0. The topological polar surface area (TPSA) is 41.6 Å². The fraction of sp³-hybridized carbons (Fsp3) is 0.435. The molecule has 144 valence electrons. The number of piperidine rings is 1. The fourth-order valence-electron chi connectivity index (χ4n) is 3.53.